The SMILES string of the molecule is CCCc1nc(C2CN(C(=O)c3ccc(C#N)cn3)CCO2)n[nH]1. The number of pyridine rings is 1. The van der Waals surface area contributed by atoms with E-state index in [0.29, 0.717) is 36.8 Å². The van der Waals surface area contributed by atoms with Crippen LogP contribution in [0.15, 0.2) is 18.3 Å². The highest BCUT2D eigenvalue weighted by atomic mass is 16.5. The van der Waals surface area contributed by atoms with Crippen molar-refractivity contribution in [3.8, 4) is 6.07 Å². The largest absolute Gasteiger partial charge is 0.366 e. The number of amides is 1. The zero-order valence-electron chi connectivity index (χ0n) is 13.4. The Kier molecular flexibility index (Phi) is 4.82. The summed E-state index contributed by atoms with van der Waals surface area (Å²) in [5, 5.41) is 15.9. The number of H-pyrrole nitrogens is 1. The van der Waals surface area contributed by atoms with Crippen LogP contribution in [0.5, 0.6) is 0 Å². The molecule has 1 unspecified atom stereocenters. The van der Waals surface area contributed by atoms with E-state index in [1.165, 1.54) is 6.20 Å². The zero-order chi connectivity index (χ0) is 16.9. The number of morpholine rings is 1. The summed E-state index contributed by atoms with van der Waals surface area (Å²) < 4.78 is 5.71. The lowest BCUT2D eigenvalue weighted by molar-refractivity contribution is -0.0268. The van der Waals surface area contributed by atoms with Crippen LogP contribution in [-0.4, -0.2) is 50.7 Å². The predicted octanol–water partition coefficient (Wildman–Crippen LogP) is 1.24. The summed E-state index contributed by atoms with van der Waals surface area (Å²) in [6.45, 7) is 3.36. The van der Waals surface area contributed by atoms with Crippen LogP contribution in [0.25, 0.3) is 0 Å². The second-order valence-corrected chi connectivity index (χ2v) is 5.54. The fourth-order valence-electron chi connectivity index (χ4n) is 2.54. The molecule has 0 aliphatic carbocycles. The number of nitriles is 1. The van der Waals surface area contributed by atoms with Crippen molar-refractivity contribution in [2.75, 3.05) is 19.7 Å². The Labute approximate surface area is 139 Å². The summed E-state index contributed by atoms with van der Waals surface area (Å²) in [6, 6.07) is 5.14. The van der Waals surface area contributed by atoms with E-state index in [1.54, 1.807) is 17.0 Å². The van der Waals surface area contributed by atoms with E-state index >= 15 is 0 Å². The lowest BCUT2D eigenvalue weighted by atomic mass is 10.2. The van der Waals surface area contributed by atoms with Gasteiger partial charge in [0.05, 0.1) is 18.7 Å². The molecule has 8 nitrogen and oxygen atoms in total. The molecule has 2 aromatic rings. The van der Waals surface area contributed by atoms with Gasteiger partial charge in [0.2, 0.25) is 0 Å². The van der Waals surface area contributed by atoms with E-state index < -0.39 is 0 Å². The first-order valence-corrected chi connectivity index (χ1v) is 7.89. The minimum absolute atomic E-state index is 0.183. The van der Waals surface area contributed by atoms with Gasteiger partial charge in [-0.3, -0.25) is 9.89 Å². The van der Waals surface area contributed by atoms with Crippen LogP contribution < -0.4 is 0 Å². The van der Waals surface area contributed by atoms with Crippen molar-refractivity contribution < 1.29 is 9.53 Å². The average molecular weight is 326 g/mol. The molecule has 1 fully saturated rings. The predicted molar refractivity (Wildman–Crippen MR) is 83.9 cm³/mol. The van der Waals surface area contributed by atoms with Gasteiger partial charge >= 0.3 is 0 Å². The molecular weight excluding hydrogens is 308 g/mol. The molecule has 1 N–H and O–H groups in total. The van der Waals surface area contributed by atoms with E-state index in [0.717, 1.165) is 18.7 Å². The first kappa shape index (κ1) is 16.1. The summed E-state index contributed by atoms with van der Waals surface area (Å²) in [5.41, 5.74) is 0.742. The molecule has 8 heteroatoms. The van der Waals surface area contributed by atoms with Gasteiger partial charge in [0.25, 0.3) is 5.91 Å². The number of hydrogen-bond acceptors (Lipinski definition) is 6. The summed E-state index contributed by atoms with van der Waals surface area (Å²) >= 11 is 0. The second-order valence-electron chi connectivity index (χ2n) is 5.54. The maximum absolute atomic E-state index is 12.6. The Morgan fingerprint density at radius 1 is 1.54 bits per heavy atom. The molecule has 0 bridgehead atoms. The van der Waals surface area contributed by atoms with Gasteiger partial charge in [0.15, 0.2) is 5.82 Å². The monoisotopic (exact) mass is 326 g/mol. The van der Waals surface area contributed by atoms with Crippen molar-refractivity contribution in [2.45, 2.75) is 25.9 Å². The molecule has 0 saturated carbocycles. The first-order chi connectivity index (χ1) is 11.7. The highest BCUT2D eigenvalue weighted by Crippen LogP contribution is 2.20. The number of nitrogens with zero attached hydrogens (tertiary/aromatic N) is 5. The molecule has 1 atom stereocenters. The average Bonchev–Trinajstić information content (AvgIpc) is 3.10. The van der Waals surface area contributed by atoms with Crippen molar-refractivity contribution in [3.05, 3.63) is 41.2 Å². The first-order valence-electron chi connectivity index (χ1n) is 7.89. The lowest BCUT2D eigenvalue weighted by Gasteiger charge is -2.31. The number of ether oxygens (including phenoxy) is 1. The van der Waals surface area contributed by atoms with Gasteiger partial charge in [0, 0.05) is 19.2 Å². The molecule has 0 spiro atoms. The minimum atomic E-state index is -0.345. The molecular formula is C16H18N6O2. The quantitative estimate of drug-likeness (QED) is 0.905. The highest BCUT2D eigenvalue weighted by molar-refractivity contribution is 5.92. The third-order valence-corrected chi connectivity index (χ3v) is 3.79. The van der Waals surface area contributed by atoms with Crippen LogP contribution in [0.3, 0.4) is 0 Å². The normalized spacial score (nSPS) is 17.5. The molecule has 3 rings (SSSR count). The molecule has 1 aliphatic rings. The second kappa shape index (κ2) is 7.19. The van der Waals surface area contributed by atoms with Gasteiger partial charge in [-0.05, 0) is 18.6 Å². The Bertz CT molecular complexity index is 749. The van der Waals surface area contributed by atoms with Crippen molar-refractivity contribution in [3.63, 3.8) is 0 Å². The van der Waals surface area contributed by atoms with Crippen LogP contribution >= 0.6 is 0 Å². The smallest absolute Gasteiger partial charge is 0.272 e. The number of carbonyl (C=O) groups is 1. The third-order valence-electron chi connectivity index (χ3n) is 3.79. The van der Waals surface area contributed by atoms with E-state index in [9.17, 15) is 4.79 Å². The lowest BCUT2D eigenvalue weighted by Crippen LogP contribution is -2.42. The Balaban J connectivity index is 1.69. The van der Waals surface area contributed by atoms with E-state index in [4.69, 9.17) is 10.00 Å². The van der Waals surface area contributed by atoms with Crippen LogP contribution in [0.1, 0.15) is 47.1 Å². The Morgan fingerprint density at radius 2 is 2.42 bits per heavy atom. The molecule has 1 amide bonds. The van der Waals surface area contributed by atoms with Crippen molar-refractivity contribution in [2.24, 2.45) is 0 Å². The number of hydrogen-bond donors (Lipinski definition) is 1. The number of carbonyl (C=O) groups excluding carboxylic acids is 1. The molecule has 0 aromatic carbocycles. The zero-order valence-corrected chi connectivity index (χ0v) is 13.4. The van der Waals surface area contributed by atoms with Crippen LogP contribution in [0, 0.1) is 11.3 Å². The van der Waals surface area contributed by atoms with Gasteiger partial charge in [0.1, 0.15) is 23.7 Å². The fraction of sp³-hybridized carbons (Fsp3) is 0.438. The van der Waals surface area contributed by atoms with Gasteiger partial charge in [-0.25, -0.2) is 9.97 Å². The van der Waals surface area contributed by atoms with Gasteiger partial charge in [-0.1, -0.05) is 6.92 Å². The van der Waals surface area contributed by atoms with Crippen LogP contribution in [-0.2, 0) is 11.2 Å². The maximum Gasteiger partial charge on any atom is 0.272 e. The summed E-state index contributed by atoms with van der Waals surface area (Å²) in [7, 11) is 0. The van der Waals surface area contributed by atoms with Gasteiger partial charge in [-0.2, -0.15) is 10.4 Å². The van der Waals surface area contributed by atoms with E-state index in [1.807, 2.05) is 6.07 Å². The molecule has 2 aromatic heterocycles. The van der Waals surface area contributed by atoms with Crippen LogP contribution in [0.4, 0.5) is 0 Å². The van der Waals surface area contributed by atoms with Crippen molar-refractivity contribution >= 4 is 5.91 Å². The van der Waals surface area contributed by atoms with E-state index in [-0.39, 0.29) is 12.0 Å². The number of aromatic amines is 1. The standard InChI is InChI=1S/C16H18N6O2/c1-2-3-14-19-15(21-20-14)13-10-22(6-7-24-13)16(23)12-5-4-11(8-17)9-18-12/h4-5,9,13H,2-3,6-7,10H2,1H3,(H,19,20,21). The number of nitrogens with one attached hydrogen (secondary N) is 1. The van der Waals surface area contributed by atoms with Crippen molar-refractivity contribution in [1.29, 1.82) is 5.26 Å². The maximum atomic E-state index is 12.6. The van der Waals surface area contributed by atoms with Gasteiger partial charge < -0.3 is 9.64 Å². The summed E-state index contributed by atoms with van der Waals surface area (Å²) in [5.74, 6) is 1.22. The molecule has 1 aliphatic heterocycles. The molecule has 1 saturated heterocycles. The molecule has 24 heavy (non-hydrogen) atoms. The Hall–Kier alpha value is -2.79. The van der Waals surface area contributed by atoms with Gasteiger partial charge in [-0.15, -0.1) is 0 Å². The number of aryl methyl sites for hydroxylation is 1. The highest BCUT2D eigenvalue weighted by Gasteiger charge is 2.29. The third kappa shape index (κ3) is 3.41. The van der Waals surface area contributed by atoms with Crippen LogP contribution in [0.2, 0.25) is 0 Å². The van der Waals surface area contributed by atoms with E-state index in [2.05, 4.69) is 27.1 Å². The number of rotatable bonds is 4. The van der Waals surface area contributed by atoms with Crippen molar-refractivity contribution in [1.82, 2.24) is 25.1 Å². The topological polar surface area (TPSA) is 108 Å². The molecule has 0 radical (unpaired) electrons. The molecule has 124 valence electrons. The fourth-order valence-corrected chi connectivity index (χ4v) is 2.54. The Morgan fingerprint density at radius 3 is 3.12 bits per heavy atom. The summed E-state index contributed by atoms with van der Waals surface area (Å²) in [4.78, 5) is 22.7. The summed E-state index contributed by atoms with van der Waals surface area (Å²) in [6.07, 6.45) is 2.87. The minimum Gasteiger partial charge on any atom is -0.366 e. The molecule has 3 heterocycles. The number of aromatic nitrogens is 4.